The summed E-state index contributed by atoms with van der Waals surface area (Å²) in [5, 5.41) is 15.3. The molecule has 0 bridgehead atoms. The molecule has 0 fully saturated rings. The number of hydrogen-bond donors (Lipinski definition) is 4. The summed E-state index contributed by atoms with van der Waals surface area (Å²) in [6.45, 7) is 3.62. The number of hydrogen-bond acceptors (Lipinski definition) is 3. The molecule has 0 amide bonds. The maximum absolute atomic E-state index is 10.2. The van der Waals surface area contributed by atoms with Crippen molar-refractivity contribution in [2.45, 2.75) is 31.0 Å². The number of nitrogens with two attached hydrogens (primary N) is 1. The highest BCUT2D eigenvalue weighted by Crippen LogP contribution is 2.23. The van der Waals surface area contributed by atoms with Crippen LogP contribution in [0.5, 0.6) is 0 Å². The molecule has 4 nitrogen and oxygen atoms in total. The van der Waals surface area contributed by atoms with Gasteiger partial charge in [-0.3, -0.25) is 0 Å². The number of nitrogens with one attached hydrogen (secondary N) is 2. The van der Waals surface area contributed by atoms with E-state index in [2.05, 4.69) is 10.6 Å². The summed E-state index contributed by atoms with van der Waals surface area (Å²) in [5.74, 6) is 0. The second kappa shape index (κ2) is 6.91. The Kier molecular flexibility index (Phi) is 6.04. The number of halogens is 2. The molecule has 20 heavy (non-hydrogen) atoms. The molecular formula is C13H19Cl2N3OS. The summed E-state index contributed by atoms with van der Waals surface area (Å²) in [4.78, 5) is 0. The fourth-order valence-electron chi connectivity index (χ4n) is 1.55. The molecule has 0 aliphatic carbocycles. The number of aliphatic hydroxyl groups is 1. The summed E-state index contributed by atoms with van der Waals surface area (Å²) in [6, 6.07) is 7.22. The highest BCUT2D eigenvalue weighted by molar-refractivity contribution is 7.80. The Hall–Kier alpha value is -0.590. The van der Waals surface area contributed by atoms with E-state index in [1.165, 1.54) is 0 Å². The third-order valence-corrected chi connectivity index (χ3v) is 3.26. The van der Waals surface area contributed by atoms with Crippen LogP contribution in [0.1, 0.15) is 19.4 Å². The van der Waals surface area contributed by atoms with Gasteiger partial charge in [0, 0.05) is 11.4 Å². The van der Waals surface area contributed by atoms with Crippen molar-refractivity contribution in [3.05, 3.63) is 34.9 Å². The van der Waals surface area contributed by atoms with Crippen LogP contribution in [0, 0.1) is 0 Å². The van der Waals surface area contributed by atoms with Gasteiger partial charge >= 0.3 is 0 Å². The SMILES string of the molecule is CC(C)(N)NC(=S)NCC(O)(Cl)Cc1ccccc1Cl. The number of thiocarbonyl (C=S) groups is 1. The Labute approximate surface area is 134 Å². The molecule has 0 heterocycles. The molecule has 1 aromatic rings. The van der Waals surface area contributed by atoms with Gasteiger partial charge < -0.3 is 21.5 Å². The van der Waals surface area contributed by atoms with Crippen LogP contribution >= 0.6 is 35.4 Å². The largest absolute Gasteiger partial charge is 0.373 e. The molecule has 0 radical (unpaired) electrons. The van der Waals surface area contributed by atoms with E-state index in [-0.39, 0.29) is 13.0 Å². The molecule has 1 unspecified atom stereocenters. The molecule has 1 atom stereocenters. The first kappa shape index (κ1) is 17.5. The minimum absolute atomic E-state index is 0.0711. The van der Waals surface area contributed by atoms with Gasteiger partial charge in [0.15, 0.2) is 10.2 Å². The lowest BCUT2D eigenvalue weighted by Gasteiger charge is -2.26. The molecule has 112 valence electrons. The highest BCUT2D eigenvalue weighted by Gasteiger charge is 2.25. The average Bonchev–Trinajstić information content (AvgIpc) is 2.27. The van der Waals surface area contributed by atoms with Crippen molar-refractivity contribution < 1.29 is 5.11 Å². The highest BCUT2D eigenvalue weighted by atomic mass is 35.5. The van der Waals surface area contributed by atoms with Crippen LogP contribution in [0.2, 0.25) is 5.02 Å². The van der Waals surface area contributed by atoms with Crippen LogP contribution in [0.15, 0.2) is 24.3 Å². The quantitative estimate of drug-likeness (QED) is 0.376. The zero-order chi connectivity index (χ0) is 15.4. The summed E-state index contributed by atoms with van der Waals surface area (Å²) in [7, 11) is 0. The maximum Gasteiger partial charge on any atom is 0.167 e. The fraction of sp³-hybridized carbons (Fsp3) is 0.462. The maximum atomic E-state index is 10.2. The van der Waals surface area contributed by atoms with Gasteiger partial charge in [-0.15, -0.1) is 0 Å². The first-order valence-corrected chi connectivity index (χ1v) is 7.25. The summed E-state index contributed by atoms with van der Waals surface area (Å²) >= 11 is 17.2. The van der Waals surface area contributed by atoms with Crippen molar-refractivity contribution in [3.8, 4) is 0 Å². The van der Waals surface area contributed by atoms with Crippen LogP contribution in [0.25, 0.3) is 0 Å². The van der Waals surface area contributed by atoms with E-state index in [0.29, 0.717) is 10.1 Å². The number of alkyl halides is 1. The fourth-order valence-corrected chi connectivity index (χ4v) is 2.30. The van der Waals surface area contributed by atoms with Gasteiger partial charge in [0.25, 0.3) is 0 Å². The van der Waals surface area contributed by atoms with Crippen molar-refractivity contribution in [1.29, 1.82) is 0 Å². The zero-order valence-corrected chi connectivity index (χ0v) is 13.7. The van der Waals surface area contributed by atoms with Gasteiger partial charge in [0.05, 0.1) is 12.2 Å². The zero-order valence-electron chi connectivity index (χ0n) is 11.4. The van der Waals surface area contributed by atoms with Crippen molar-refractivity contribution in [1.82, 2.24) is 10.6 Å². The Morgan fingerprint density at radius 2 is 2.00 bits per heavy atom. The Morgan fingerprint density at radius 3 is 2.55 bits per heavy atom. The molecule has 7 heteroatoms. The van der Waals surface area contributed by atoms with E-state index < -0.39 is 10.7 Å². The molecule has 0 spiro atoms. The number of rotatable bonds is 5. The van der Waals surface area contributed by atoms with E-state index in [4.69, 9.17) is 41.2 Å². The van der Waals surface area contributed by atoms with Crippen molar-refractivity contribution >= 4 is 40.5 Å². The van der Waals surface area contributed by atoms with Gasteiger partial charge in [-0.25, -0.2) is 0 Å². The molecule has 0 saturated heterocycles. The van der Waals surface area contributed by atoms with Gasteiger partial charge in [0.1, 0.15) is 0 Å². The molecule has 5 N–H and O–H groups in total. The van der Waals surface area contributed by atoms with Crippen LogP contribution < -0.4 is 16.4 Å². The molecule has 1 rings (SSSR count). The Morgan fingerprint density at radius 1 is 1.40 bits per heavy atom. The predicted molar refractivity (Wildman–Crippen MR) is 88.0 cm³/mol. The molecule has 0 aromatic heterocycles. The predicted octanol–water partition coefficient (Wildman–Crippen LogP) is 1.97. The molecular weight excluding hydrogens is 317 g/mol. The standard InChI is InChI=1S/C13H19Cl2N3OS/c1-12(2,16)18-11(20)17-8-13(15,19)7-9-5-3-4-6-10(9)14/h3-6,19H,7-8,16H2,1-2H3,(H2,17,18,20). The minimum atomic E-state index is -1.49. The second-order valence-corrected chi connectivity index (χ2v) is 6.73. The van der Waals surface area contributed by atoms with Gasteiger partial charge in [0.2, 0.25) is 0 Å². The topological polar surface area (TPSA) is 70.3 Å². The Balaban J connectivity index is 2.54. The molecule has 0 saturated carbocycles. The summed E-state index contributed by atoms with van der Waals surface area (Å²) in [6.07, 6.45) is 0.204. The third-order valence-electron chi connectivity index (χ3n) is 2.37. The lowest BCUT2D eigenvalue weighted by atomic mass is 10.1. The Bertz CT molecular complexity index is 475. The van der Waals surface area contributed by atoms with Crippen LogP contribution in [0.4, 0.5) is 0 Å². The minimum Gasteiger partial charge on any atom is -0.373 e. The first-order valence-electron chi connectivity index (χ1n) is 6.09. The van der Waals surface area contributed by atoms with Crippen molar-refractivity contribution in [3.63, 3.8) is 0 Å². The summed E-state index contributed by atoms with van der Waals surface area (Å²) in [5.41, 5.74) is 5.90. The molecule has 0 aliphatic rings. The van der Waals surface area contributed by atoms with E-state index in [1.807, 2.05) is 18.2 Å². The van der Waals surface area contributed by atoms with E-state index >= 15 is 0 Å². The van der Waals surface area contributed by atoms with Gasteiger partial charge in [-0.1, -0.05) is 41.4 Å². The van der Waals surface area contributed by atoms with Crippen LogP contribution in [0.3, 0.4) is 0 Å². The van der Waals surface area contributed by atoms with Gasteiger partial charge in [-0.05, 0) is 37.7 Å². The normalized spacial score (nSPS) is 14.5. The van der Waals surface area contributed by atoms with Crippen molar-refractivity contribution in [2.75, 3.05) is 6.54 Å². The van der Waals surface area contributed by atoms with Crippen LogP contribution in [-0.4, -0.2) is 27.5 Å². The third kappa shape index (κ3) is 6.72. The lowest BCUT2D eigenvalue weighted by Crippen LogP contribution is -2.55. The van der Waals surface area contributed by atoms with Crippen LogP contribution in [-0.2, 0) is 6.42 Å². The smallest absolute Gasteiger partial charge is 0.167 e. The van der Waals surface area contributed by atoms with E-state index in [9.17, 15) is 5.11 Å². The number of benzene rings is 1. The molecule has 1 aromatic carbocycles. The monoisotopic (exact) mass is 335 g/mol. The van der Waals surface area contributed by atoms with Crippen molar-refractivity contribution in [2.24, 2.45) is 5.73 Å². The first-order chi connectivity index (χ1) is 9.09. The van der Waals surface area contributed by atoms with E-state index in [1.54, 1.807) is 19.9 Å². The van der Waals surface area contributed by atoms with E-state index in [0.717, 1.165) is 5.56 Å². The second-order valence-electron chi connectivity index (χ2n) is 5.22. The lowest BCUT2D eigenvalue weighted by molar-refractivity contribution is 0.132. The molecule has 0 aliphatic heterocycles. The average molecular weight is 336 g/mol. The van der Waals surface area contributed by atoms with Gasteiger partial charge in [-0.2, -0.15) is 0 Å². The summed E-state index contributed by atoms with van der Waals surface area (Å²) < 4.78 is 0.